The minimum Gasteiger partial charge on any atom is -0.0935 e. The highest BCUT2D eigenvalue weighted by Gasteiger charge is 2.03. The lowest BCUT2D eigenvalue weighted by atomic mass is 10.1. The van der Waals surface area contributed by atoms with Crippen LogP contribution in [0, 0.1) is 0 Å². The Balaban J connectivity index is 2.50. The zero-order chi connectivity index (χ0) is 11.3. The topological polar surface area (TPSA) is 0 Å². The van der Waals surface area contributed by atoms with Crippen LogP contribution in [0.2, 0.25) is 0 Å². The molecule has 0 saturated carbocycles. The summed E-state index contributed by atoms with van der Waals surface area (Å²) in [5, 5.41) is 1.41. The van der Waals surface area contributed by atoms with Crippen LogP contribution < -0.4 is 0 Å². The molecule has 0 aliphatic rings. The molecule has 0 N–H and O–H groups in total. The number of benzene rings is 1. The minimum absolute atomic E-state index is 1.11. The van der Waals surface area contributed by atoms with E-state index in [0.717, 1.165) is 12.8 Å². The van der Waals surface area contributed by atoms with Crippen molar-refractivity contribution in [3.63, 3.8) is 0 Å². The fourth-order valence-corrected chi connectivity index (χ4v) is 2.10. The van der Waals surface area contributed by atoms with Crippen molar-refractivity contribution in [2.45, 2.75) is 19.8 Å². The smallest absolute Gasteiger partial charge is 0.0244 e. The Labute approximate surface area is 98.4 Å². The molecule has 0 fully saturated rings. The first-order valence-electron chi connectivity index (χ1n) is 5.26. The predicted octanol–water partition coefficient (Wildman–Crippen LogP) is 4.26. The van der Waals surface area contributed by atoms with Crippen molar-refractivity contribution in [2.24, 2.45) is 0 Å². The molecular weight excluding hydrogens is 219 g/mol. The summed E-state index contributed by atoms with van der Waals surface area (Å²) in [6.45, 7) is 6.55. The molecule has 0 aromatic heterocycles. The normalized spacial score (nSPS) is 12.9. The quantitative estimate of drug-likeness (QED) is 0.706. The van der Waals surface area contributed by atoms with Gasteiger partial charge in [0, 0.05) is 0 Å². The molecule has 0 spiro atoms. The van der Waals surface area contributed by atoms with E-state index in [1.54, 1.807) is 0 Å². The monoisotopic (exact) mass is 238 g/mol. The van der Waals surface area contributed by atoms with E-state index in [0.29, 0.717) is 0 Å². The van der Waals surface area contributed by atoms with Crippen LogP contribution in [-0.2, 0) is 18.2 Å². The Morgan fingerprint density at radius 2 is 1.87 bits per heavy atom. The first-order chi connectivity index (χ1) is 7.00. The number of hydrogen-bond acceptors (Lipinski definition) is 1. The lowest BCUT2D eigenvalue weighted by Crippen LogP contribution is -1.84. The van der Waals surface area contributed by atoms with Crippen molar-refractivity contribution < 1.29 is 0 Å². The molecule has 0 radical (unpaired) electrons. The van der Waals surface area contributed by atoms with E-state index in [2.05, 4.69) is 56.7 Å². The summed E-state index contributed by atoms with van der Waals surface area (Å²) < 4.78 is 0. The number of aryl methyl sites for hydroxylation is 1. The molecule has 0 saturated heterocycles. The Kier molecular flexibility index (Phi) is 4.76. The summed E-state index contributed by atoms with van der Waals surface area (Å²) in [5.74, 6) is 0. The van der Waals surface area contributed by atoms with Crippen LogP contribution in [0.15, 0.2) is 41.7 Å². The van der Waals surface area contributed by atoms with E-state index in [1.165, 1.54) is 10.9 Å². The molecule has 0 bridgehead atoms. The van der Waals surface area contributed by atoms with Gasteiger partial charge < -0.3 is 0 Å². The van der Waals surface area contributed by atoms with Gasteiger partial charge in [-0.15, -0.1) is 0 Å². The fourth-order valence-electron chi connectivity index (χ4n) is 1.31. The highest BCUT2D eigenvalue weighted by Crippen LogP contribution is 2.46. The lowest BCUT2D eigenvalue weighted by Gasteiger charge is -2.10. The summed E-state index contributed by atoms with van der Waals surface area (Å²) in [4.78, 5) is 0. The van der Waals surface area contributed by atoms with Crippen LogP contribution in [0.1, 0.15) is 18.9 Å². The lowest BCUT2D eigenvalue weighted by molar-refractivity contribution is 0.997. The minimum atomic E-state index is -1.18. The molecule has 2 heteroatoms. The van der Waals surface area contributed by atoms with Crippen LogP contribution in [0.25, 0.3) is 0 Å². The summed E-state index contributed by atoms with van der Waals surface area (Å²) in [6, 6.07) is 9.42. The Hall–Kier alpha value is -0.390. The maximum absolute atomic E-state index is 5.48. The first kappa shape index (κ1) is 12.7. The molecule has 1 aromatic carbocycles. The maximum atomic E-state index is 5.48. The number of hydrogen-bond donors (Lipinski definition) is 0. The van der Waals surface area contributed by atoms with E-state index in [-0.39, 0.29) is 0 Å². The van der Waals surface area contributed by atoms with Gasteiger partial charge in [-0.05, 0) is 50.0 Å². The van der Waals surface area contributed by atoms with E-state index < -0.39 is 6.04 Å². The van der Waals surface area contributed by atoms with Crippen LogP contribution in [0.5, 0.6) is 0 Å². The van der Waals surface area contributed by atoms with Gasteiger partial charge >= 0.3 is 0 Å². The van der Waals surface area contributed by atoms with Crippen LogP contribution in [-0.4, -0.2) is 13.3 Å². The summed E-state index contributed by atoms with van der Waals surface area (Å²) in [7, 11) is 0. The molecule has 0 aliphatic carbocycles. The van der Waals surface area contributed by atoms with Gasteiger partial charge in [0.1, 0.15) is 0 Å². The van der Waals surface area contributed by atoms with Crippen LogP contribution in [0.4, 0.5) is 0 Å². The zero-order valence-electron chi connectivity index (χ0n) is 9.73. The van der Waals surface area contributed by atoms with Gasteiger partial charge in [-0.2, -0.15) is 0 Å². The standard InChI is InChI=1S/C13H19PS/c1-12(14(2,3)15)8-7-11-13-9-5-4-6-10-13/h4-6,8-10H,7,11H2,1-3H3/b12-8+. The molecule has 82 valence electrons. The van der Waals surface area contributed by atoms with E-state index in [1.807, 2.05) is 0 Å². The van der Waals surface area contributed by atoms with E-state index in [4.69, 9.17) is 11.8 Å². The fraction of sp³-hybridized carbons (Fsp3) is 0.385. The SMILES string of the molecule is C/C(=C\CCc1ccccc1)P(C)(C)=S. The molecule has 0 amide bonds. The highest BCUT2D eigenvalue weighted by atomic mass is 32.4. The van der Waals surface area contributed by atoms with E-state index in [9.17, 15) is 0 Å². The second kappa shape index (κ2) is 5.63. The third-order valence-corrected chi connectivity index (χ3v) is 5.31. The highest BCUT2D eigenvalue weighted by molar-refractivity contribution is 8.15. The van der Waals surface area contributed by atoms with Gasteiger partial charge in [-0.3, -0.25) is 0 Å². The number of allylic oxidation sites excluding steroid dienone is 2. The van der Waals surface area contributed by atoms with Crippen molar-refractivity contribution in [2.75, 3.05) is 13.3 Å². The predicted molar refractivity (Wildman–Crippen MR) is 74.7 cm³/mol. The van der Waals surface area contributed by atoms with Gasteiger partial charge in [-0.1, -0.05) is 48.2 Å². The molecule has 0 atom stereocenters. The van der Waals surface area contributed by atoms with Crippen LogP contribution >= 0.6 is 6.04 Å². The van der Waals surface area contributed by atoms with Crippen molar-refractivity contribution in [1.29, 1.82) is 0 Å². The zero-order valence-corrected chi connectivity index (χ0v) is 11.4. The van der Waals surface area contributed by atoms with Crippen molar-refractivity contribution >= 4 is 17.8 Å². The molecule has 1 aromatic rings. The van der Waals surface area contributed by atoms with Gasteiger partial charge in [0.15, 0.2) is 0 Å². The molecule has 1 rings (SSSR count). The Bertz CT molecular complexity index is 373. The third kappa shape index (κ3) is 4.77. The summed E-state index contributed by atoms with van der Waals surface area (Å²) >= 11 is 5.48. The molecule has 15 heavy (non-hydrogen) atoms. The van der Waals surface area contributed by atoms with Gasteiger partial charge in [-0.25, -0.2) is 0 Å². The third-order valence-electron chi connectivity index (χ3n) is 2.56. The molecule has 0 heterocycles. The van der Waals surface area contributed by atoms with Gasteiger partial charge in [0.2, 0.25) is 0 Å². The first-order valence-corrected chi connectivity index (χ1v) is 8.96. The average molecular weight is 238 g/mol. The molecule has 0 unspecified atom stereocenters. The molecular formula is C13H19PS. The Morgan fingerprint density at radius 1 is 1.27 bits per heavy atom. The second-order valence-electron chi connectivity index (χ2n) is 4.22. The average Bonchev–Trinajstić information content (AvgIpc) is 2.18. The maximum Gasteiger partial charge on any atom is -0.0244 e. The Morgan fingerprint density at radius 3 is 2.40 bits per heavy atom. The largest absolute Gasteiger partial charge is 0.0935 e. The van der Waals surface area contributed by atoms with Crippen LogP contribution in [0.3, 0.4) is 0 Å². The van der Waals surface area contributed by atoms with Crippen molar-refractivity contribution in [3.8, 4) is 0 Å². The summed E-state index contributed by atoms with van der Waals surface area (Å²) in [6.07, 6.45) is 4.54. The second-order valence-corrected chi connectivity index (χ2v) is 10.4. The van der Waals surface area contributed by atoms with Crippen molar-refractivity contribution in [3.05, 3.63) is 47.3 Å². The molecule has 0 nitrogen and oxygen atoms in total. The van der Waals surface area contributed by atoms with Gasteiger partial charge in [0.25, 0.3) is 0 Å². The molecule has 0 aliphatic heterocycles. The van der Waals surface area contributed by atoms with Crippen molar-refractivity contribution in [1.82, 2.24) is 0 Å². The summed E-state index contributed by atoms with van der Waals surface area (Å²) in [5.41, 5.74) is 1.40. The number of rotatable bonds is 4. The van der Waals surface area contributed by atoms with E-state index >= 15 is 0 Å². The van der Waals surface area contributed by atoms with Gasteiger partial charge in [0.05, 0.1) is 0 Å².